The zero-order valence-corrected chi connectivity index (χ0v) is 13.7. The molecule has 1 aliphatic rings. The topological polar surface area (TPSA) is 78.4 Å². The maximum Gasteiger partial charge on any atom is 0.326 e. The Bertz CT molecular complexity index is 355. The van der Waals surface area contributed by atoms with Gasteiger partial charge in [-0.15, -0.1) is 0 Å². The van der Waals surface area contributed by atoms with Gasteiger partial charge in [-0.3, -0.25) is 0 Å². The van der Waals surface area contributed by atoms with Crippen LogP contribution in [0, 0.1) is 17.3 Å². The van der Waals surface area contributed by atoms with Gasteiger partial charge in [0.1, 0.15) is 6.04 Å². The third-order valence-electron chi connectivity index (χ3n) is 4.36. The minimum atomic E-state index is -1.00. The van der Waals surface area contributed by atoms with Gasteiger partial charge in [-0.25, -0.2) is 9.59 Å². The molecule has 0 unspecified atom stereocenters. The Labute approximate surface area is 127 Å². The fraction of sp³-hybridized carbons (Fsp3) is 0.875. The van der Waals surface area contributed by atoms with Gasteiger partial charge in [0.2, 0.25) is 0 Å². The Balaban J connectivity index is 2.28. The van der Waals surface area contributed by atoms with Crippen molar-refractivity contribution in [2.75, 3.05) is 6.54 Å². The zero-order valence-electron chi connectivity index (χ0n) is 13.7. The van der Waals surface area contributed by atoms with Crippen molar-refractivity contribution in [1.29, 1.82) is 0 Å². The van der Waals surface area contributed by atoms with Crippen LogP contribution in [-0.2, 0) is 4.79 Å². The number of amides is 2. The minimum Gasteiger partial charge on any atom is -0.480 e. The van der Waals surface area contributed by atoms with Crippen molar-refractivity contribution in [1.82, 2.24) is 10.6 Å². The highest BCUT2D eigenvalue weighted by Crippen LogP contribution is 2.29. The average molecular weight is 298 g/mol. The van der Waals surface area contributed by atoms with Gasteiger partial charge in [0.05, 0.1) is 0 Å². The molecule has 122 valence electrons. The molecular weight excluding hydrogens is 268 g/mol. The van der Waals surface area contributed by atoms with Crippen LogP contribution in [0.5, 0.6) is 0 Å². The summed E-state index contributed by atoms with van der Waals surface area (Å²) in [5.41, 5.74) is -0.511. The fourth-order valence-corrected chi connectivity index (χ4v) is 2.84. The Morgan fingerprint density at radius 1 is 1.19 bits per heavy atom. The van der Waals surface area contributed by atoms with Gasteiger partial charge in [0.15, 0.2) is 0 Å². The molecule has 1 atom stereocenters. The molecule has 0 radical (unpaired) electrons. The van der Waals surface area contributed by atoms with Crippen LogP contribution < -0.4 is 10.6 Å². The van der Waals surface area contributed by atoms with Crippen LogP contribution in [0.2, 0.25) is 0 Å². The number of nitrogens with one attached hydrogen (secondary N) is 2. The van der Waals surface area contributed by atoms with E-state index in [-0.39, 0.29) is 6.03 Å². The lowest BCUT2D eigenvalue weighted by Gasteiger charge is -2.28. The van der Waals surface area contributed by atoms with Gasteiger partial charge < -0.3 is 15.7 Å². The molecule has 0 bridgehead atoms. The summed E-state index contributed by atoms with van der Waals surface area (Å²) in [5.74, 6) is 0.527. The van der Waals surface area contributed by atoms with Gasteiger partial charge in [-0.05, 0) is 23.7 Å². The summed E-state index contributed by atoms with van der Waals surface area (Å²) in [5, 5.41) is 14.5. The quantitative estimate of drug-likeness (QED) is 0.730. The van der Waals surface area contributed by atoms with Gasteiger partial charge in [-0.2, -0.15) is 0 Å². The average Bonchev–Trinajstić information content (AvgIpc) is 2.36. The smallest absolute Gasteiger partial charge is 0.326 e. The fourth-order valence-electron chi connectivity index (χ4n) is 2.84. The Morgan fingerprint density at radius 3 is 2.24 bits per heavy atom. The zero-order chi connectivity index (χ0) is 16.0. The molecule has 0 aliphatic heterocycles. The number of carbonyl (C=O) groups is 2. The Kier molecular flexibility index (Phi) is 6.49. The molecule has 0 aromatic carbocycles. The van der Waals surface area contributed by atoms with Crippen molar-refractivity contribution >= 4 is 12.0 Å². The highest BCUT2D eigenvalue weighted by Gasteiger charge is 2.32. The standard InChI is InChI=1S/C16H30N2O3/c1-11-5-7-12(8-6-11)9-10-17-15(21)18-13(14(19)20)16(2,3)4/h11-13H,5-10H2,1-4H3,(H,19,20)(H2,17,18,21)/t11?,12?,13-/m0/s1. The van der Waals surface area contributed by atoms with Crippen LogP contribution in [0.15, 0.2) is 0 Å². The highest BCUT2D eigenvalue weighted by atomic mass is 16.4. The molecule has 3 N–H and O–H groups in total. The second-order valence-corrected chi connectivity index (χ2v) is 7.45. The van der Waals surface area contributed by atoms with E-state index >= 15 is 0 Å². The first-order valence-corrected chi connectivity index (χ1v) is 7.97. The number of carboxylic acids is 1. The molecule has 0 heterocycles. The molecule has 0 saturated heterocycles. The van der Waals surface area contributed by atoms with E-state index < -0.39 is 17.4 Å². The lowest BCUT2D eigenvalue weighted by atomic mass is 9.81. The molecule has 1 aliphatic carbocycles. The van der Waals surface area contributed by atoms with E-state index in [1.807, 2.05) is 0 Å². The van der Waals surface area contributed by atoms with Crippen LogP contribution in [0.4, 0.5) is 4.79 Å². The predicted molar refractivity (Wildman–Crippen MR) is 83.2 cm³/mol. The number of aliphatic carboxylic acids is 1. The van der Waals surface area contributed by atoms with Gasteiger partial charge in [-0.1, -0.05) is 53.4 Å². The van der Waals surface area contributed by atoms with Crippen molar-refractivity contribution in [3.63, 3.8) is 0 Å². The van der Waals surface area contributed by atoms with Crippen molar-refractivity contribution in [2.24, 2.45) is 17.3 Å². The Morgan fingerprint density at radius 2 is 1.76 bits per heavy atom. The van der Waals surface area contributed by atoms with Crippen molar-refractivity contribution in [2.45, 2.75) is 65.8 Å². The van der Waals surface area contributed by atoms with Crippen LogP contribution >= 0.6 is 0 Å². The molecule has 5 nitrogen and oxygen atoms in total. The number of carboxylic acid groups (broad SMARTS) is 1. The SMILES string of the molecule is CC1CCC(CCNC(=O)N[C@@H](C(=O)O)C(C)(C)C)CC1. The summed E-state index contributed by atoms with van der Waals surface area (Å²) in [6, 6.07) is -1.27. The van der Waals surface area contributed by atoms with E-state index in [1.54, 1.807) is 20.8 Å². The van der Waals surface area contributed by atoms with E-state index in [1.165, 1.54) is 25.7 Å². The van der Waals surface area contributed by atoms with Crippen molar-refractivity contribution in [3.05, 3.63) is 0 Å². The lowest BCUT2D eigenvalue weighted by Crippen LogP contribution is -2.52. The summed E-state index contributed by atoms with van der Waals surface area (Å²) in [7, 11) is 0. The largest absolute Gasteiger partial charge is 0.480 e. The number of carbonyl (C=O) groups excluding carboxylic acids is 1. The Hall–Kier alpha value is -1.26. The number of urea groups is 1. The number of hydrogen-bond donors (Lipinski definition) is 3. The van der Waals surface area contributed by atoms with Crippen molar-refractivity contribution < 1.29 is 14.7 Å². The molecule has 0 aromatic heterocycles. The second-order valence-electron chi connectivity index (χ2n) is 7.45. The van der Waals surface area contributed by atoms with E-state index in [4.69, 9.17) is 5.11 Å². The summed E-state index contributed by atoms with van der Waals surface area (Å²) in [4.78, 5) is 23.0. The number of hydrogen-bond acceptors (Lipinski definition) is 2. The summed E-state index contributed by atoms with van der Waals surface area (Å²) < 4.78 is 0. The lowest BCUT2D eigenvalue weighted by molar-refractivity contribution is -0.141. The van der Waals surface area contributed by atoms with Gasteiger partial charge >= 0.3 is 12.0 Å². The predicted octanol–water partition coefficient (Wildman–Crippen LogP) is 3.00. The minimum absolute atomic E-state index is 0.387. The van der Waals surface area contributed by atoms with E-state index in [0.29, 0.717) is 12.5 Å². The number of rotatable bonds is 5. The van der Waals surface area contributed by atoms with Crippen LogP contribution in [0.3, 0.4) is 0 Å². The monoisotopic (exact) mass is 298 g/mol. The van der Waals surface area contributed by atoms with Crippen LogP contribution in [0.25, 0.3) is 0 Å². The highest BCUT2D eigenvalue weighted by molar-refractivity contribution is 5.83. The summed E-state index contributed by atoms with van der Waals surface area (Å²) in [6.07, 6.45) is 6.02. The molecule has 2 amide bonds. The van der Waals surface area contributed by atoms with Crippen LogP contribution in [0.1, 0.15) is 59.8 Å². The van der Waals surface area contributed by atoms with E-state index in [0.717, 1.165) is 12.3 Å². The molecule has 0 aromatic rings. The molecule has 1 rings (SSSR count). The molecule has 5 heteroatoms. The molecule has 1 saturated carbocycles. The first-order chi connectivity index (χ1) is 9.70. The molecule has 1 fully saturated rings. The maximum absolute atomic E-state index is 11.8. The maximum atomic E-state index is 11.8. The first kappa shape index (κ1) is 17.8. The third kappa shape index (κ3) is 6.36. The molecular formula is C16H30N2O3. The summed E-state index contributed by atoms with van der Waals surface area (Å²) >= 11 is 0. The molecule has 21 heavy (non-hydrogen) atoms. The van der Waals surface area contributed by atoms with Gasteiger partial charge in [0.25, 0.3) is 0 Å². The second kappa shape index (κ2) is 7.66. The van der Waals surface area contributed by atoms with Crippen LogP contribution in [-0.4, -0.2) is 29.7 Å². The van der Waals surface area contributed by atoms with E-state index in [9.17, 15) is 9.59 Å². The normalized spacial score (nSPS) is 24.2. The van der Waals surface area contributed by atoms with Gasteiger partial charge in [0, 0.05) is 6.54 Å². The van der Waals surface area contributed by atoms with Crippen molar-refractivity contribution in [3.8, 4) is 0 Å². The summed E-state index contributed by atoms with van der Waals surface area (Å²) in [6.45, 7) is 8.31. The van der Waals surface area contributed by atoms with E-state index in [2.05, 4.69) is 17.6 Å². The molecule has 0 spiro atoms. The first-order valence-electron chi connectivity index (χ1n) is 7.97. The third-order valence-corrected chi connectivity index (χ3v) is 4.36.